The Labute approximate surface area is 130 Å². The van der Waals surface area contributed by atoms with Crippen molar-refractivity contribution in [3.63, 3.8) is 0 Å². The van der Waals surface area contributed by atoms with E-state index in [1.54, 1.807) is 31.5 Å². The highest BCUT2D eigenvalue weighted by Gasteiger charge is 2.09. The Hall–Kier alpha value is -2.93. The molecule has 0 atom stereocenters. The minimum atomic E-state index is 0.121. The van der Waals surface area contributed by atoms with Gasteiger partial charge in [0.2, 0.25) is 0 Å². The maximum absolute atomic E-state index is 9.83. The Kier molecular flexibility index (Phi) is 5.05. The van der Waals surface area contributed by atoms with Crippen molar-refractivity contribution in [1.29, 1.82) is 0 Å². The van der Waals surface area contributed by atoms with Gasteiger partial charge in [-0.3, -0.25) is 4.99 Å². The van der Waals surface area contributed by atoms with Gasteiger partial charge in [0.05, 0.1) is 7.11 Å². The van der Waals surface area contributed by atoms with Crippen LogP contribution in [-0.2, 0) is 0 Å². The van der Waals surface area contributed by atoms with Gasteiger partial charge in [0.15, 0.2) is 11.5 Å². The standard InChI is InChI=1S/C18H17NO3/c1-4-10-22-18-14(6-5-7-17(18)21-3)12-19-15-11-13(2)8-9-16(15)20/h1,5-9,11-12,20H,10H2,2-3H3. The summed E-state index contributed by atoms with van der Waals surface area (Å²) in [7, 11) is 1.56. The summed E-state index contributed by atoms with van der Waals surface area (Å²) in [4.78, 5) is 4.32. The smallest absolute Gasteiger partial charge is 0.171 e. The second kappa shape index (κ2) is 7.19. The lowest BCUT2D eigenvalue weighted by Gasteiger charge is -2.11. The summed E-state index contributed by atoms with van der Waals surface area (Å²) in [5.74, 6) is 3.65. The SMILES string of the molecule is C#CCOc1c(C=Nc2cc(C)ccc2O)cccc1OC. The maximum Gasteiger partial charge on any atom is 0.171 e. The number of hydrogen-bond donors (Lipinski definition) is 1. The van der Waals surface area contributed by atoms with Crippen molar-refractivity contribution in [2.75, 3.05) is 13.7 Å². The Morgan fingerprint density at radius 2 is 2.14 bits per heavy atom. The molecule has 0 unspecified atom stereocenters. The van der Waals surface area contributed by atoms with Crippen molar-refractivity contribution < 1.29 is 14.6 Å². The number of phenolic OH excluding ortho intramolecular Hbond substituents is 1. The highest BCUT2D eigenvalue weighted by Crippen LogP contribution is 2.31. The monoisotopic (exact) mass is 295 g/mol. The highest BCUT2D eigenvalue weighted by molar-refractivity contribution is 5.87. The van der Waals surface area contributed by atoms with Crippen LogP contribution in [0.1, 0.15) is 11.1 Å². The van der Waals surface area contributed by atoms with E-state index >= 15 is 0 Å². The first kappa shape index (κ1) is 15.5. The molecule has 0 bridgehead atoms. The van der Waals surface area contributed by atoms with E-state index in [4.69, 9.17) is 15.9 Å². The van der Waals surface area contributed by atoms with E-state index in [2.05, 4.69) is 10.9 Å². The molecule has 0 saturated heterocycles. The molecule has 2 aromatic carbocycles. The first-order valence-electron chi connectivity index (χ1n) is 6.72. The van der Waals surface area contributed by atoms with Gasteiger partial charge in [-0.15, -0.1) is 6.42 Å². The van der Waals surface area contributed by atoms with Gasteiger partial charge < -0.3 is 14.6 Å². The molecular weight excluding hydrogens is 278 g/mol. The fourth-order valence-electron chi connectivity index (χ4n) is 1.94. The van der Waals surface area contributed by atoms with Crippen LogP contribution in [0.5, 0.6) is 17.2 Å². The zero-order chi connectivity index (χ0) is 15.9. The molecule has 0 amide bonds. The number of phenols is 1. The third-order valence-corrected chi connectivity index (χ3v) is 3.00. The molecule has 2 rings (SSSR count). The third-order valence-electron chi connectivity index (χ3n) is 3.00. The second-order valence-electron chi connectivity index (χ2n) is 4.62. The fraction of sp³-hybridized carbons (Fsp3) is 0.167. The quantitative estimate of drug-likeness (QED) is 0.679. The lowest BCUT2D eigenvalue weighted by atomic mass is 10.2. The van der Waals surface area contributed by atoms with Crippen LogP contribution in [0.3, 0.4) is 0 Å². The number of ether oxygens (including phenoxy) is 2. The van der Waals surface area contributed by atoms with E-state index in [9.17, 15) is 5.11 Å². The number of methoxy groups -OCH3 is 1. The van der Waals surface area contributed by atoms with Gasteiger partial charge in [-0.2, -0.15) is 0 Å². The molecular formula is C18H17NO3. The number of rotatable bonds is 5. The van der Waals surface area contributed by atoms with E-state index in [1.165, 1.54) is 0 Å². The number of terminal acetylenes is 1. The molecule has 0 spiro atoms. The number of para-hydroxylation sites is 1. The van der Waals surface area contributed by atoms with Crippen LogP contribution in [0.2, 0.25) is 0 Å². The van der Waals surface area contributed by atoms with Crippen LogP contribution in [0.4, 0.5) is 5.69 Å². The Morgan fingerprint density at radius 1 is 1.32 bits per heavy atom. The zero-order valence-electron chi connectivity index (χ0n) is 12.5. The summed E-state index contributed by atoms with van der Waals surface area (Å²) in [6.45, 7) is 2.07. The summed E-state index contributed by atoms with van der Waals surface area (Å²) >= 11 is 0. The molecule has 0 aliphatic heterocycles. The van der Waals surface area contributed by atoms with Crippen LogP contribution in [-0.4, -0.2) is 25.0 Å². The van der Waals surface area contributed by atoms with Crippen molar-refractivity contribution >= 4 is 11.9 Å². The van der Waals surface area contributed by atoms with Crippen molar-refractivity contribution in [2.45, 2.75) is 6.92 Å². The Balaban J connectivity index is 2.38. The van der Waals surface area contributed by atoms with E-state index < -0.39 is 0 Å². The number of aliphatic imine (C=N–C) groups is 1. The predicted octanol–water partition coefficient (Wildman–Crippen LogP) is 3.47. The normalized spacial score (nSPS) is 10.4. The minimum Gasteiger partial charge on any atom is -0.506 e. The predicted molar refractivity (Wildman–Crippen MR) is 87.4 cm³/mol. The molecule has 4 nitrogen and oxygen atoms in total. The van der Waals surface area contributed by atoms with E-state index in [-0.39, 0.29) is 12.4 Å². The van der Waals surface area contributed by atoms with Crippen molar-refractivity contribution in [1.82, 2.24) is 0 Å². The fourth-order valence-corrected chi connectivity index (χ4v) is 1.94. The molecule has 4 heteroatoms. The number of benzene rings is 2. The number of hydrogen-bond acceptors (Lipinski definition) is 4. The molecule has 2 aromatic rings. The van der Waals surface area contributed by atoms with Crippen LogP contribution >= 0.6 is 0 Å². The van der Waals surface area contributed by atoms with Crippen molar-refractivity contribution in [2.24, 2.45) is 4.99 Å². The molecule has 0 aliphatic rings. The zero-order valence-corrected chi connectivity index (χ0v) is 12.5. The highest BCUT2D eigenvalue weighted by atomic mass is 16.5. The topological polar surface area (TPSA) is 51.0 Å². The van der Waals surface area contributed by atoms with Crippen LogP contribution in [0.15, 0.2) is 41.4 Å². The lowest BCUT2D eigenvalue weighted by Crippen LogP contribution is -2.00. The van der Waals surface area contributed by atoms with Crippen molar-refractivity contribution in [3.8, 4) is 29.6 Å². The summed E-state index contributed by atoms with van der Waals surface area (Å²) in [5.41, 5.74) is 2.22. The first-order chi connectivity index (χ1) is 10.7. The molecule has 112 valence electrons. The Bertz CT molecular complexity index is 730. The van der Waals surface area contributed by atoms with E-state index in [1.807, 2.05) is 25.1 Å². The Morgan fingerprint density at radius 3 is 2.86 bits per heavy atom. The third kappa shape index (κ3) is 3.58. The van der Waals surface area contributed by atoms with Gasteiger partial charge in [-0.1, -0.05) is 18.1 Å². The first-order valence-corrected chi connectivity index (χ1v) is 6.72. The van der Waals surface area contributed by atoms with Crippen LogP contribution < -0.4 is 9.47 Å². The van der Waals surface area contributed by atoms with Gasteiger partial charge in [0.1, 0.15) is 18.0 Å². The molecule has 0 radical (unpaired) electrons. The number of aryl methyl sites for hydroxylation is 1. The summed E-state index contributed by atoms with van der Waals surface area (Å²) < 4.78 is 10.8. The average Bonchev–Trinajstić information content (AvgIpc) is 2.53. The molecule has 0 aliphatic carbocycles. The van der Waals surface area contributed by atoms with Gasteiger partial charge in [0, 0.05) is 11.8 Å². The molecule has 0 aromatic heterocycles. The van der Waals surface area contributed by atoms with Crippen molar-refractivity contribution in [3.05, 3.63) is 47.5 Å². The molecule has 1 N–H and O–H groups in total. The number of nitrogens with zero attached hydrogens (tertiary/aromatic N) is 1. The summed E-state index contributed by atoms with van der Waals surface area (Å²) in [6.07, 6.45) is 6.85. The molecule has 0 heterocycles. The number of aromatic hydroxyl groups is 1. The van der Waals surface area contributed by atoms with Gasteiger partial charge in [-0.05, 0) is 36.8 Å². The van der Waals surface area contributed by atoms with Gasteiger partial charge in [-0.25, -0.2) is 0 Å². The summed E-state index contributed by atoms with van der Waals surface area (Å²) in [6, 6.07) is 10.7. The minimum absolute atomic E-state index is 0.121. The molecule has 0 saturated carbocycles. The van der Waals surface area contributed by atoms with E-state index in [0.717, 1.165) is 11.1 Å². The average molecular weight is 295 g/mol. The van der Waals surface area contributed by atoms with E-state index in [0.29, 0.717) is 17.2 Å². The summed E-state index contributed by atoms with van der Waals surface area (Å²) in [5, 5.41) is 9.83. The lowest BCUT2D eigenvalue weighted by molar-refractivity contribution is 0.330. The van der Waals surface area contributed by atoms with Gasteiger partial charge in [0.25, 0.3) is 0 Å². The molecule has 0 fully saturated rings. The second-order valence-corrected chi connectivity index (χ2v) is 4.62. The largest absolute Gasteiger partial charge is 0.506 e. The van der Waals surface area contributed by atoms with Gasteiger partial charge >= 0.3 is 0 Å². The maximum atomic E-state index is 9.83. The molecule has 22 heavy (non-hydrogen) atoms. The van der Waals surface area contributed by atoms with Crippen LogP contribution in [0, 0.1) is 19.3 Å². The van der Waals surface area contributed by atoms with Crippen LogP contribution in [0.25, 0.3) is 0 Å².